The zero-order chi connectivity index (χ0) is 20.5. The zero-order valence-corrected chi connectivity index (χ0v) is 18.0. The van der Waals surface area contributed by atoms with Crippen molar-refractivity contribution >= 4 is 11.6 Å². The highest BCUT2D eigenvalue weighted by Crippen LogP contribution is 2.28. The maximum absolute atomic E-state index is 13.2. The molecule has 4 heteroatoms. The molecule has 1 heterocycles. The molecule has 2 rings (SSSR count). The van der Waals surface area contributed by atoms with Gasteiger partial charge in [0.25, 0.3) is 5.91 Å². The van der Waals surface area contributed by atoms with E-state index in [0.29, 0.717) is 17.9 Å². The van der Waals surface area contributed by atoms with Crippen LogP contribution in [-0.2, 0) is 19.3 Å². The Morgan fingerprint density at radius 1 is 1.07 bits per heavy atom. The molecule has 2 aromatic rings. The predicted octanol–water partition coefficient (Wildman–Crippen LogP) is 5.90. The van der Waals surface area contributed by atoms with E-state index < -0.39 is 0 Å². The lowest BCUT2D eigenvalue weighted by molar-refractivity contribution is 0.102. The Morgan fingerprint density at radius 2 is 1.75 bits per heavy atom. The van der Waals surface area contributed by atoms with Gasteiger partial charge in [-0.15, -0.1) is 0 Å². The number of carbonyl (C=O) groups excluding carboxylic acids is 1. The summed E-state index contributed by atoms with van der Waals surface area (Å²) in [7, 11) is 0. The molecule has 0 saturated carbocycles. The first-order valence-electron chi connectivity index (χ1n) is 10.6. The quantitative estimate of drug-likeness (QED) is 0.557. The summed E-state index contributed by atoms with van der Waals surface area (Å²) in [6.45, 7) is 10.9. The average molecular weight is 383 g/mol. The van der Waals surface area contributed by atoms with E-state index in [0.717, 1.165) is 66.7 Å². The molecule has 1 aromatic heterocycles. The minimum atomic E-state index is -0.145. The molecule has 1 amide bonds. The van der Waals surface area contributed by atoms with E-state index >= 15 is 0 Å². The van der Waals surface area contributed by atoms with Crippen molar-refractivity contribution in [3.8, 4) is 5.75 Å². The largest absolute Gasteiger partial charge is 0.493 e. The number of amides is 1. The molecule has 28 heavy (non-hydrogen) atoms. The van der Waals surface area contributed by atoms with Crippen molar-refractivity contribution in [2.24, 2.45) is 0 Å². The van der Waals surface area contributed by atoms with Gasteiger partial charge in [-0.3, -0.25) is 9.78 Å². The van der Waals surface area contributed by atoms with Gasteiger partial charge in [-0.2, -0.15) is 0 Å². The van der Waals surface area contributed by atoms with Gasteiger partial charge in [-0.25, -0.2) is 0 Å². The molecule has 0 bridgehead atoms. The maximum Gasteiger partial charge on any atom is 0.261 e. The monoisotopic (exact) mass is 382 g/mol. The van der Waals surface area contributed by atoms with Gasteiger partial charge in [0, 0.05) is 17.4 Å². The molecule has 0 unspecified atom stereocenters. The summed E-state index contributed by atoms with van der Waals surface area (Å²) in [5.74, 6) is 0.499. The number of aryl methyl sites for hydroxylation is 4. The van der Waals surface area contributed by atoms with Crippen LogP contribution < -0.4 is 10.1 Å². The first kappa shape index (κ1) is 21.9. The minimum absolute atomic E-state index is 0.145. The molecule has 0 fully saturated rings. The van der Waals surface area contributed by atoms with Crippen LogP contribution in [0.25, 0.3) is 0 Å². The third-order valence-corrected chi connectivity index (χ3v) is 4.93. The molecular formula is C24H34N2O2. The number of rotatable bonds is 10. The summed E-state index contributed by atoms with van der Waals surface area (Å²) < 4.78 is 5.96. The standard InChI is InChI=1S/C24H34N2O2/c1-6-10-14-20-16-21(28-15-7-2)22(17(5)25-20)24(27)26-23-18(8-3)12-11-13-19(23)9-4/h11-13,16H,6-10,14-15H2,1-5H3,(H,26,27). The molecule has 0 spiro atoms. The van der Waals surface area contributed by atoms with Crippen molar-refractivity contribution in [2.75, 3.05) is 11.9 Å². The van der Waals surface area contributed by atoms with Crippen LogP contribution in [0.1, 0.15) is 79.8 Å². The number of benzene rings is 1. The van der Waals surface area contributed by atoms with Gasteiger partial charge in [-0.05, 0) is 50.2 Å². The lowest BCUT2D eigenvalue weighted by Crippen LogP contribution is -2.19. The third-order valence-electron chi connectivity index (χ3n) is 4.93. The molecule has 152 valence electrons. The Bertz CT molecular complexity index is 777. The Kier molecular flexibility index (Phi) is 8.49. The number of pyridine rings is 1. The van der Waals surface area contributed by atoms with Gasteiger partial charge >= 0.3 is 0 Å². The highest BCUT2D eigenvalue weighted by molar-refractivity contribution is 6.07. The Balaban J connectivity index is 2.41. The van der Waals surface area contributed by atoms with Crippen molar-refractivity contribution < 1.29 is 9.53 Å². The number of aromatic nitrogens is 1. The fraction of sp³-hybridized carbons (Fsp3) is 0.500. The number of hydrogen-bond donors (Lipinski definition) is 1. The molecule has 0 atom stereocenters. The molecule has 0 aliphatic heterocycles. The summed E-state index contributed by atoms with van der Waals surface area (Å²) in [6, 6.07) is 8.14. The predicted molar refractivity (Wildman–Crippen MR) is 117 cm³/mol. The fourth-order valence-corrected chi connectivity index (χ4v) is 3.37. The summed E-state index contributed by atoms with van der Waals surface area (Å²) >= 11 is 0. The number of ether oxygens (including phenoxy) is 1. The summed E-state index contributed by atoms with van der Waals surface area (Å²) in [4.78, 5) is 17.9. The van der Waals surface area contributed by atoms with Crippen LogP contribution in [0.5, 0.6) is 5.75 Å². The SMILES string of the molecule is CCCCc1cc(OCCC)c(C(=O)Nc2c(CC)cccc2CC)c(C)n1. The molecular weight excluding hydrogens is 348 g/mol. The van der Waals surface area contributed by atoms with Crippen molar-refractivity contribution in [3.05, 3.63) is 52.3 Å². The maximum atomic E-state index is 13.2. The average Bonchev–Trinajstić information content (AvgIpc) is 2.70. The van der Waals surface area contributed by atoms with Gasteiger partial charge in [0.15, 0.2) is 0 Å². The van der Waals surface area contributed by atoms with Crippen molar-refractivity contribution in [1.82, 2.24) is 4.98 Å². The van der Waals surface area contributed by atoms with Gasteiger partial charge in [0.05, 0.1) is 12.3 Å². The van der Waals surface area contributed by atoms with E-state index in [1.54, 1.807) is 0 Å². The van der Waals surface area contributed by atoms with Crippen LogP contribution in [0.15, 0.2) is 24.3 Å². The number of nitrogens with zero attached hydrogens (tertiary/aromatic N) is 1. The van der Waals surface area contributed by atoms with Crippen LogP contribution in [0.2, 0.25) is 0 Å². The van der Waals surface area contributed by atoms with Crippen LogP contribution in [0, 0.1) is 6.92 Å². The van der Waals surface area contributed by atoms with Crippen LogP contribution >= 0.6 is 0 Å². The topological polar surface area (TPSA) is 51.2 Å². The van der Waals surface area contributed by atoms with E-state index in [-0.39, 0.29) is 5.91 Å². The summed E-state index contributed by atoms with van der Waals surface area (Å²) in [5, 5.41) is 3.16. The lowest BCUT2D eigenvalue weighted by atomic mass is 10.0. The molecule has 4 nitrogen and oxygen atoms in total. The van der Waals surface area contributed by atoms with Gasteiger partial charge < -0.3 is 10.1 Å². The number of hydrogen-bond acceptors (Lipinski definition) is 3. The van der Waals surface area contributed by atoms with Crippen LogP contribution in [-0.4, -0.2) is 17.5 Å². The number of anilines is 1. The normalized spacial score (nSPS) is 10.8. The Labute approximate surface area is 169 Å². The van der Waals surface area contributed by atoms with E-state index in [4.69, 9.17) is 4.74 Å². The minimum Gasteiger partial charge on any atom is -0.493 e. The van der Waals surface area contributed by atoms with E-state index in [9.17, 15) is 4.79 Å². The van der Waals surface area contributed by atoms with Gasteiger partial charge in [0.1, 0.15) is 11.3 Å². The Hall–Kier alpha value is -2.36. The van der Waals surface area contributed by atoms with Crippen LogP contribution in [0.4, 0.5) is 5.69 Å². The van der Waals surface area contributed by atoms with E-state index in [2.05, 4.69) is 56.2 Å². The zero-order valence-electron chi connectivity index (χ0n) is 18.0. The summed E-state index contributed by atoms with van der Waals surface area (Å²) in [6.07, 6.45) is 5.73. The van der Waals surface area contributed by atoms with Crippen LogP contribution in [0.3, 0.4) is 0 Å². The summed E-state index contributed by atoms with van der Waals surface area (Å²) in [5.41, 5.74) is 5.48. The molecule has 0 radical (unpaired) electrons. The lowest BCUT2D eigenvalue weighted by Gasteiger charge is -2.18. The number of para-hydroxylation sites is 1. The molecule has 0 aliphatic rings. The third kappa shape index (κ3) is 5.34. The Morgan fingerprint density at radius 3 is 2.32 bits per heavy atom. The molecule has 1 N–H and O–H groups in total. The number of carbonyl (C=O) groups is 1. The van der Waals surface area contributed by atoms with E-state index in [1.807, 2.05) is 13.0 Å². The molecule has 0 aliphatic carbocycles. The first-order valence-corrected chi connectivity index (χ1v) is 10.6. The number of nitrogens with one attached hydrogen (secondary N) is 1. The van der Waals surface area contributed by atoms with Crippen molar-refractivity contribution in [3.63, 3.8) is 0 Å². The van der Waals surface area contributed by atoms with E-state index in [1.165, 1.54) is 0 Å². The van der Waals surface area contributed by atoms with Gasteiger partial charge in [0.2, 0.25) is 0 Å². The molecule has 0 saturated heterocycles. The van der Waals surface area contributed by atoms with Gasteiger partial charge in [-0.1, -0.05) is 52.3 Å². The van der Waals surface area contributed by atoms with Crippen molar-refractivity contribution in [2.45, 2.75) is 73.1 Å². The second-order valence-corrected chi connectivity index (χ2v) is 7.14. The van der Waals surface area contributed by atoms with Crippen molar-refractivity contribution in [1.29, 1.82) is 0 Å². The fourth-order valence-electron chi connectivity index (χ4n) is 3.37. The molecule has 1 aromatic carbocycles. The highest BCUT2D eigenvalue weighted by atomic mass is 16.5. The highest BCUT2D eigenvalue weighted by Gasteiger charge is 2.20. The smallest absolute Gasteiger partial charge is 0.261 e. The first-order chi connectivity index (χ1) is 13.5. The number of unbranched alkanes of at least 4 members (excludes halogenated alkanes) is 1. The second-order valence-electron chi connectivity index (χ2n) is 7.14. The second kappa shape index (κ2) is 10.8.